The second-order valence-electron chi connectivity index (χ2n) is 4.00. The molecule has 1 aromatic carbocycles. The lowest BCUT2D eigenvalue weighted by Crippen LogP contribution is -2.14. The Balaban J connectivity index is 2.25. The fourth-order valence-corrected chi connectivity index (χ4v) is 2.76. The van der Waals surface area contributed by atoms with Crippen molar-refractivity contribution in [2.75, 3.05) is 7.05 Å². The Kier molecular flexibility index (Phi) is 4.18. The number of hydrogen-bond acceptors (Lipinski definition) is 6. The minimum atomic E-state index is -0.413. The van der Waals surface area contributed by atoms with Crippen LogP contribution >= 0.6 is 11.3 Å². The number of non-ortho nitro benzene ring substituents is 1. The summed E-state index contributed by atoms with van der Waals surface area (Å²) >= 11 is 1.50. The number of hydrogen-bond donors (Lipinski definition) is 1. The monoisotopic (exact) mass is 278 g/mol. The zero-order chi connectivity index (χ0) is 13.8. The molecule has 1 aromatic heterocycles. The number of benzene rings is 1. The predicted octanol–water partition coefficient (Wildman–Crippen LogP) is 2.78. The van der Waals surface area contributed by atoms with E-state index < -0.39 is 4.92 Å². The Labute approximate surface area is 114 Å². The molecule has 1 unspecified atom stereocenters. The average molecular weight is 278 g/mol. The van der Waals surface area contributed by atoms with Gasteiger partial charge in [-0.05, 0) is 25.6 Å². The molecule has 0 saturated carbocycles. The summed E-state index contributed by atoms with van der Waals surface area (Å²) in [5.41, 5.74) is 0.926. The van der Waals surface area contributed by atoms with E-state index in [1.807, 2.05) is 7.05 Å². The molecule has 0 bridgehead atoms. The molecule has 0 radical (unpaired) electrons. The molecule has 6 nitrogen and oxygen atoms in total. The first-order chi connectivity index (χ1) is 9.15. The van der Waals surface area contributed by atoms with Crippen molar-refractivity contribution in [1.82, 2.24) is 15.5 Å². The topological polar surface area (TPSA) is 81.0 Å². The Morgan fingerprint density at radius 2 is 2.05 bits per heavy atom. The summed E-state index contributed by atoms with van der Waals surface area (Å²) in [6.07, 6.45) is 0.936. The number of nitrogens with one attached hydrogen (secondary N) is 1. The maximum atomic E-state index is 10.6. The molecule has 0 aliphatic carbocycles. The molecular formula is C12H14N4O2S. The van der Waals surface area contributed by atoms with Gasteiger partial charge in [0.1, 0.15) is 10.0 Å². The van der Waals surface area contributed by atoms with Crippen molar-refractivity contribution in [3.05, 3.63) is 39.4 Å². The van der Waals surface area contributed by atoms with Gasteiger partial charge in [0.15, 0.2) is 0 Å². The van der Waals surface area contributed by atoms with Crippen molar-refractivity contribution in [3.8, 4) is 10.6 Å². The van der Waals surface area contributed by atoms with E-state index in [0.29, 0.717) is 0 Å². The van der Waals surface area contributed by atoms with Gasteiger partial charge in [-0.25, -0.2) is 0 Å². The highest BCUT2D eigenvalue weighted by Crippen LogP contribution is 2.28. The zero-order valence-electron chi connectivity index (χ0n) is 10.7. The van der Waals surface area contributed by atoms with Gasteiger partial charge in [0.2, 0.25) is 0 Å². The average Bonchev–Trinajstić information content (AvgIpc) is 2.90. The molecule has 1 atom stereocenters. The highest BCUT2D eigenvalue weighted by atomic mass is 32.1. The molecule has 2 rings (SSSR count). The fourth-order valence-electron chi connectivity index (χ4n) is 1.72. The van der Waals surface area contributed by atoms with Crippen LogP contribution in [0.1, 0.15) is 24.4 Å². The van der Waals surface area contributed by atoms with Crippen LogP contribution in [-0.4, -0.2) is 22.2 Å². The second-order valence-corrected chi connectivity index (χ2v) is 5.01. The summed E-state index contributed by atoms with van der Waals surface area (Å²) in [7, 11) is 1.89. The van der Waals surface area contributed by atoms with Crippen molar-refractivity contribution in [1.29, 1.82) is 0 Å². The highest BCUT2D eigenvalue weighted by Gasteiger charge is 2.14. The van der Waals surface area contributed by atoms with Gasteiger partial charge >= 0.3 is 0 Å². The summed E-state index contributed by atoms with van der Waals surface area (Å²) in [4.78, 5) is 10.2. The summed E-state index contributed by atoms with van der Waals surface area (Å²) < 4.78 is 0. The number of nitrogens with zero attached hydrogens (tertiary/aromatic N) is 3. The van der Waals surface area contributed by atoms with Gasteiger partial charge in [-0.15, -0.1) is 10.2 Å². The molecule has 2 aromatic rings. The van der Waals surface area contributed by atoms with Crippen molar-refractivity contribution < 1.29 is 4.92 Å². The van der Waals surface area contributed by atoms with Gasteiger partial charge in [0, 0.05) is 17.7 Å². The largest absolute Gasteiger partial charge is 0.311 e. The fraction of sp³-hybridized carbons (Fsp3) is 0.333. The van der Waals surface area contributed by atoms with Crippen LogP contribution in [0.25, 0.3) is 10.6 Å². The van der Waals surface area contributed by atoms with E-state index in [1.165, 1.54) is 23.5 Å². The molecule has 0 fully saturated rings. The molecule has 7 heteroatoms. The predicted molar refractivity (Wildman–Crippen MR) is 74.1 cm³/mol. The van der Waals surface area contributed by atoms with E-state index in [4.69, 9.17) is 0 Å². The third kappa shape index (κ3) is 2.94. The summed E-state index contributed by atoms with van der Waals surface area (Å²) in [5.74, 6) is 0. The van der Waals surface area contributed by atoms with Gasteiger partial charge in [-0.1, -0.05) is 18.3 Å². The van der Waals surface area contributed by atoms with Gasteiger partial charge < -0.3 is 5.32 Å². The smallest absolute Gasteiger partial charge is 0.269 e. The number of nitro benzene ring substituents is 1. The molecule has 0 saturated heterocycles. The maximum Gasteiger partial charge on any atom is 0.269 e. The van der Waals surface area contributed by atoms with Crippen LogP contribution in [-0.2, 0) is 0 Å². The third-order valence-electron chi connectivity index (χ3n) is 2.82. The Morgan fingerprint density at radius 1 is 1.37 bits per heavy atom. The van der Waals surface area contributed by atoms with Crippen LogP contribution in [0.2, 0.25) is 0 Å². The van der Waals surface area contributed by atoms with Crippen molar-refractivity contribution in [2.24, 2.45) is 0 Å². The van der Waals surface area contributed by atoms with Gasteiger partial charge in [-0.3, -0.25) is 10.1 Å². The Morgan fingerprint density at radius 3 is 2.58 bits per heavy atom. The lowest BCUT2D eigenvalue weighted by atomic mass is 10.2. The van der Waals surface area contributed by atoms with Crippen LogP contribution in [0.15, 0.2) is 24.3 Å². The second kappa shape index (κ2) is 5.85. The normalized spacial score (nSPS) is 12.3. The van der Waals surface area contributed by atoms with Crippen molar-refractivity contribution >= 4 is 17.0 Å². The summed E-state index contributed by atoms with van der Waals surface area (Å²) in [6.45, 7) is 2.08. The van der Waals surface area contributed by atoms with Gasteiger partial charge in [0.05, 0.1) is 11.0 Å². The van der Waals surface area contributed by atoms with Crippen molar-refractivity contribution in [2.45, 2.75) is 19.4 Å². The van der Waals surface area contributed by atoms with Crippen LogP contribution in [0.4, 0.5) is 5.69 Å². The first-order valence-electron chi connectivity index (χ1n) is 5.91. The minimum absolute atomic E-state index is 0.0788. The summed E-state index contributed by atoms with van der Waals surface area (Å²) in [5, 5.41) is 23.8. The van der Waals surface area contributed by atoms with Crippen LogP contribution < -0.4 is 5.32 Å². The Hall–Kier alpha value is -1.86. The molecular weight excluding hydrogens is 264 g/mol. The van der Waals surface area contributed by atoms with E-state index in [-0.39, 0.29) is 11.7 Å². The summed E-state index contributed by atoms with van der Waals surface area (Å²) in [6, 6.07) is 6.55. The van der Waals surface area contributed by atoms with E-state index in [2.05, 4.69) is 22.4 Å². The van der Waals surface area contributed by atoms with Gasteiger partial charge in [0.25, 0.3) is 5.69 Å². The number of nitro groups is 1. The maximum absolute atomic E-state index is 10.6. The molecule has 0 amide bonds. The van der Waals surface area contributed by atoms with Crippen LogP contribution in [0.5, 0.6) is 0 Å². The Bertz CT molecular complexity index is 563. The molecule has 0 aliphatic heterocycles. The molecule has 100 valence electrons. The first kappa shape index (κ1) is 13.6. The number of aromatic nitrogens is 2. The third-order valence-corrected chi connectivity index (χ3v) is 3.91. The molecule has 1 N–H and O–H groups in total. The zero-order valence-corrected chi connectivity index (χ0v) is 11.5. The SMILES string of the molecule is CCC(NC)c1nnc(-c2ccc([N+](=O)[O-])cc2)s1. The lowest BCUT2D eigenvalue weighted by molar-refractivity contribution is -0.384. The van der Waals surface area contributed by atoms with Gasteiger partial charge in [-0.2, -0.15) is 0 Å². The molecule has 0 spiro atoms. The van der Waals surface area contributed by atoms with Crippen molar-refractivity contribution in [3.63, 3.8) is 0 Å². The standard InChI is InChI=1S/C12H14N4O2S/c1-3-10(13-2)12-15-14-11(19-12)8-4-6-9(7-5-8)16(17)18/h4-7,10,13H,3H2,1-2H3. The van der Waals surface area contributed by atoms with E-state index in [1.54, 1.807) is 12.1 Å². The molecule has 19 heavy (non-hydrogen) atoms. The highest BCUT2D eigenvalue weighted by molar-refractivity contribution is 7.14. The van der Waals surface area contributed by atoms with E-state index >= 15 is 0 Å². The molecule has 0 aliphatic rings. The first-order valence-corrected chi connectivity index (χ1v) is 6.72. The van der Waals surface area contributed by atoms with E-state index in [9.17, 15) is 10.1 Å². The van der Waals surface area contributed by atoms with Crippen LogP contribution in [0.3, 0.4) is 0 Å². The number of rotatable bonds is 5. The quantitative estimate of drug-likeness (QED) is 0.672. The van der Waals surface area contributed by atoms with Crippen LogP contribution in [0, 0.1) is 10.1 Å². The molecule has 1 heterocycles. The minimum Gasteiger partial charge on any atom is -0.311 e. The lowest BCUT2D eigenvalue weighted by Gasteiger charge is -2.07. The van der Waals surface area contributed by atoms with E-state index in [0.717, 1.165) is 22.0 Å².